The van der Waals surface area contributed by atoms with Crippen molar-refractivity contribution in [2.75, 3.05) is 24.0 Å². The molecule has 0 radical (unpaired) electrons. The molecule has 0 aliphatic carbocycles. The highest BCUT2D eigenvalue weighted by molar-refractivity contribution is 7.92. The van der Waals surface area contributed by atoms with Crippen LogP contribution in [-0.2, 0) is 26.2 Å². The van der Waals surface area contributed by atoms with Crippen LogP contribution in [0.1, 0.15) is 33.3 Å². The summed E-state index contributed by atoms with van der Waals surface area (Å²) in [5, 5.41) is 2.83. The fourth-order valence-electron chi connectivity index (χ4n) is 4.00. The SMILES string of the molecule is CCOc1ccccc1N(CC(=O)N(Cc1ccc(F)cc1)C(C)C(=O)NCC(C)C)S(=O)(=O)c1ccccc1. The molecule has 0 aliphatic heterocycles. The van der Waals surface area contributed by atoms with E-state index in [1.165, 1.54) is 41.3 Å². The third-order valence-electron chi connectivity index (χ3n) is 6.16. The molecule has 0 fully saturated rings. The first-order valence-corrected chi connectivity index (χ1v) is 14.6. The second-order valence-corrected chi connectivity index (χ2v) is 11.6. The lowest BCUT2D eigenvalue weighted by molar-refractivity contribution is -0.139. The number of amides is 2. The van der Waals surface area contributed by atoms with Gasteiger partial charge in [-0.25, -0.2) is 12.8 Å². The fourth-order valence-corrected chi connectivity index (χ4v) is 5.44. The molecule has 0 bridgehead atoms. The number of nitrogens with zero attached hydrogens (tertiary/aromatic N) is 2. The van der Waals surface area contributed by atoms with Gasteiger partial charge in [0.25, 0.3) is 10.0 Å². The zero-order valence-electron chi connectivity index (χ0n) is 23.2. The maximum Gasteiger partial charge on any atom is 0.264 e. The summed E-state index contributed by atoms with van der Waals surface area (Å²) in [6, 6.07) is 19.0. The number of sulfonamides is 1. The number of nitrogens with one attached hydrogen (secondary N) is 1. The maximum atomic E-state index is 14.0. The Labute approximate surface area is 235 Å². The van der Waals surface area contributed by atoms with Gasteiger partial charge in [0.2, 0.25) is 11.8 Å². The minimum Gasteiger partial charge on any atom is -0.492 e. The van der Waals surface area contributed by atoms with Gasteiger partial charge in [0.1, 0.15) is 24.2 Å². The lowest BCUT2D eigenvalue weighted by Gasteiger charge is -2.32. The van der Waals surface area contributed by atoms with Crippen molar-refractivity contribution in [3.8, 4) is 5.75 Å². The van der Waals surface area contributed by atoms with Crippen LogP contribution < -0.4 is 14.4 Å². The van der Waals surface area contributed by atoms with E-state index in [-0.39, 0.29) is 35.6 Å². The van der Waals surface area contributed by atoms with E-state index in [2.05, 4.69) is 5.32 Å². The molecule has 0 saturated heterocycles. The smallest absolute Gasteiger partial charge is 0.264 e. The summed E-state index contributed by atoms with van der Waals surface area (Å²) >= 11 is 0. The Hall–Kier alpha value is -3.92. The molecule has 3 rings (SSSR count). The van der Waals surface area contributed by atoms with Gasteiger partial charge in [-0.3, -0.25) is 13.9 Å². The van der Waals surface area contributed by atoms with Crippen LogP contribution in [0.15, 0.2) is 83.8 Å². The summed E-state index contributed by atoms with van der Waals surface area (Å²) in [6.07, 6.45) is 0. The molecule has 40 heavy (non-hydrogen) atoms. The Balaban J connectivity index is 2.04. The number of benzene rings is 3. The van der Waals surface area contributed by atoms with Crippen LogP contribution in [0, 0.1) is 11.7 Å². The molecule has 1 unspecified atom stereocenters. The molecular weight excluding hydrogens is 533 g/mol. The maximum absolute atomic E-state index is 14.0. The van der Waals surface area contributed by atoms with E-state index in [1.54, 1.807) is 56.3 Å². The summed E-state index contributed by atoms with van der Waals surface area (Å²) in [6.45, 7) is 7.35. The standard InChI is InChI=1S/C30H36FN3O5S/c1-5-39-28-14-10-9-13-27(28)34(40(37,38)26-11-7-6-8-12-26)21-29(35)33(20-24-15-17-25(31)18-16-24)23(4)30(36)32-19-22(2)3/h6-18,22-23H,5,19-21H2,1-4H3,(H,32,36). The summed E-state index contributed by atoms with van der Waals surface area (Å²) in [4.78, 5) is 28.3. The highest BCUT2D eigenvalue weighted by atomic mass is 32.2. The second kappa shape index (κ2) is 13.9. The second-order valence-electron chi connectivity index (χ2n) is 9.69. The molecule has 0 heterocycles. The monoisotopic (exact) mass is 569 g/mol. The summed E-state index contributed by atoms with van der Waals surface area (Å²) < 4.78 is 48.1. The van der Waals surface area contributed by atoms with Crippen LogP contribution in [0.2, 0.25) is 0 Å². The first-order chi connectivity index (χ1) is 19.0. The number of rotatable bonds is 13. The van der Waals surface area contributed by atoms with Gasteiger partial charge in [0.15, 0.2) is 0 Å². The van der Waals surface area contributed by atoms with Crippen LogP contribution in [0.25, 0.3) is 0 Å². The van der Waals surface area contributed by atoms with Crippen molar-refractivity contribution in [1.29, 1.82) is 0 Å². The largest absolute Gasteiger partial charge is 0.492 e. The van der Waals surface area contributed by atoms with Crippen molar-refractivity contribution in [1.82, 2.24) is 10.2 Å². The van der Waals surface area contributed by atoms with Crippen LogP contribution in [-0.4, -0.2) is 50.9 Å². The quantitative estimate of drug-likeness (QED) is 0.324. The molecule has 0 aromatic heterocycles. The van der Waals surface area contributed by atoms with Gasteiger partial charge in [0, 0.05) is 13.1 Å². The topological polar surface area (TPSA) is 96.0 Å². The van der Waals surface area contributed by atoms with Crippen molar-refractivity contribution < 1.29 is 27.1 Å². The highest BCUT2D eigenvalue weighted by Gasteiger charge is 2.33. The number of ether oxygens (including phenoxy) is 1. The van der Waals surface area contributed by atoms with E-state index in [0.29, 0.717) is 17.9 Å². The number of anilines is 1. The lowest BCUT2D eigenvalue weighted by Crippen LogP contribution is -2.51. The molecule has 0 spiro atoms. The van der Waals surface area contributed by atoms with Crippen molar-refractivity contribution in [2.45, 2.75) is 45.2 Å². The molecule has 10 heteroatoms. The third-order valence-corrected chi connectivity index (χ3v) is 7.94. The molecule has 3 aromatic rings. The molecule has 2 amide bonds. The molecule has 214 valence electrons. The van der Waals surface area contributed by atoms with E-state index < -0.39 is 34.3 Å². The third kappa shape index (κ3) is 7.81. The summed E-state index contributed by atoms with van der Waals surface area (Å²) in [5.41, 5.74) is 0.783. The predicted molar refractivity (Wildman–Crippen MR) is 153 cm³/mol. The lowest BCUT2D eigenvalue weighted by atomic mass is 10.1. The number of hydrogen-bond donors (Lipinski definition) is 1. The number of halogens is 1. The fraction of sp³-hybridized carbons (Fsp3) is 0.333. The van der Waals surface area contributed by atoms with Crippen molar-refractivity contribution in [3.63, 3.8) is 0 Å². The first-order valence-electron chi connectivity index (χ1n) is 13.2. The van der Waals surface area contributed by atoms with Gasteiger partial charge in [-0.15, -0.1) is 0 Å². The van der Waals surface area contributed by atoms with E-state index in [9.17, 15) is 22.4 Å². The van der Waals surface area contributed by atoms with E-state index in [1.807, 2.05) is 13.8 Å². The Bertz CT molecular complexity index is 1380. The summed E-state index contributed by atoms with van der Waals surface area (Å²) in [7, 11) is -4.21. The minimum atomic E-state index is -4.21. The Morgan fingerprint density at radius 3 is 2.17 bits per heavy atom. The number of hydrogen-bond acceptors (Lipinski definition) is 5. The molecule has 1 atom stereocenters. The predicted octanol–water partition coefficient (Wildman–Crippen LogP) is 4.61. The van der Waals surface area contributed by atoms with Crippen molar-refractivity contribution in [3.05, 3.63) is 90.2 Å². The molecule has 3 aromatic carbocycles. The molecule has 1 N–H and O–H groups in total. The van der Waals surface area contributed by atoms with Gasteiger partial charge in [-0.2, -0.15) is 0 Å². The minimum absolute atomic E-state index is 0.00177. The Morgan fingerprint density at radius 2 is 1.55 bits per heavy atom. The normalized spacial score (nSPS) is 12.1. The van der Waals surface area contributed by atoms with Gasteiger partial charge < -0.3 is 15.0 Å². The Morgan fingerprint density at radius 1 is 0.925 bits per heavy atom. The molecular formula is C30H36FN3O5S. The average molecular weight is 570 g/mol. The average Bonchev–Trinajstić information content (AvgIpc) is 2.94. The van der Waals surface area contributed by atoms with Crippen LogP contribution >= 0.6 is 0 Å². The first kappa shape index (κ1) is 30.6. The highest BCUT2D eigenvalue weighted by Crippen LogP contribution is 2.32. The number of para-hydroxylation sites is 2. The zero-order valence-corrected chi connectivity index (χ0v) is 24.0. The Kier molecular flexibility index (Phi) is 10.7. The molecule has 0 saturated carbocycles. The van der Waals surface area contributed by atoms with Gasteiger partial charge in [-0.05, 0) is 61.7 Å². The molecule has 0 aliphatic rings. The van der Waals surface area contributed by atoms with E-state index >= 15 is 0 Å². The van der Waals surface area contributed by atoms with E-state index in [4.69, 9.17) is 4.74 Å². The summed E-state index contributed by atoms with van der Waals surface area (Å²) in [5.74, 6) is -0.931. The van der Waals surface area contributed by atoms with Gasteiger partial charge >= 0.3 is 0 Å². The number of carbonyl (C=O) groups excluding carboxylic acids is 2. The van der Waals surface area contributed by atoms with Crippen LogP contribution in [0.4, 0.5) is 10.1 Å². The van der Waals surface area contributed by atoms with Crippen molar-refractivity contribution >= 4 is 27.5 Å². The zero-order chi connectivity index (χ0) is 29.3. The van der Waals surface area contributed by atoms with Gasteiger partial charge in [0.05, 0.1) is 17.2 Å². The van der Waals surface area contributed by atoms with Gasteiger partial charge in [-0.1, -0.05) is 56.3 Å². The molecule has 8 nitrogen and oxygen atoms in total. The van der Waals surface area contributed by atoms with E-state index in [0.717, 1.165) is 4.31 Å². The van der Waals surface area contributed by atoms with Crippen LogP contribution in [0.5, 0.6) is 5.75 Å². The van der Waals surface area contributed by atoms with Crippen molar-refractivity contribution in [2.24, 2.45) is 5.92 Å². The number of carbonyl (C=O) groups is 2. The van der Waals surface area contributed by atoms with Crippen LogP contribution in [0.3, 0.4) is 0 Å².